The van der Waals surface area contributed by atoms with E-state index >= 15 is 0 Å². The Hall–Kier alpha value is -2.37. The van der Waals surface area contributed by atoms with Gasteiger partial charge in [0, 0.05) is 30.9 Å². The molecule has 1 heterocycles. The molecule has 0 fully saturated rings. The summed E-state index contributed by atoms with van der Waals surface area (Å²) in [5.41, 5.74) is 1.37. The number of benzene rings is 1. The number of aryl methyl sites for hydroxylation is 1. The second-order valence-corrected chi connectivity index (χ2v) is 4.34. The minimum atomic E-state index is 0.0957. The minimum Gasteiger partial charge on any atom is -0.506 e. The summed E-state index contributed by atoms with van der Waals surface area (Å²) in [6, 6.07) is 7.01. The number of aromatic hydroxyl groups is 1. The summed E-state index contributed by atoms with van der Waals surface area (Å²) in [7, 11) is 0. The van der Waals surface area contributed by atoms with Crippen LogP contribution in [0, 0.1) is 6.92 Å². The Bertz CT molecular complexity index is 603. The Labute approximate surface area is 117 Å². The van der Waals surface area contributed by atoms with Crippen LogP contribution in [0.1, 0.15) is 19.6 Å². The summed E-state index contributed by atoms with van der Waals surface area (Å²) in [4.78, 5) is 2.14. The number of aromatic nitrogens is 1. The normalized spacial score (nSPS) is 11.2. The van der Waals surface area contributed by atoms with E-state index in [4.69, 9.17) is 4.52 Å². The largest absolute Gasteiger partial charge is 0.506 e. The number of hydrogen-bond donors (Lipinski definition) is 1. The summed E-state index contributed by atoms with van der Waals surface area (Å²) in [6.45, 7) is 7.69. The number of anilines is 1. The zero-order chi connectivity index (χ0) is 14.5. The first-order valence-corrected chi connectivity index (χ1v) is 6.57. The number of hydrogen-bond acceptors (Lipinski definition) is 6. The lowest BCUT2D eigenvalue weighted by atomic mass is 10.2. The number of rotatable bonds is 5. The zero-order valence-corrected chi connectivity index (χ0v) is 11.9. The smallest absolute Gasteiger partial charge is 0.216 e. The van der Waals surface area contributed by atoms with Gasteiger partial charge < -0.3 is 14.5 Å². The molecule has 6 heteroatoms. The van der Waals surface area contributed by atoms with E-state index in [1.807, 2.05) is 6.07 Å². The molecule has 0 saturated heterocycles. The molecule has 6 nitrogen and oxygen atoms in total. The van der Waals surface area contributed by atoms with E-state index < -0.39 is 0 Å². The van der Waals surface area contributed by atoms with Gasteiger partial charge in [-0.15, -0.1) is 10.2 Å². The predicted octanol–water partition coefficient (Wildman–Crippen LogP) is 3.95. The van der Waals surface area contributed by atoms with Crippen LogP contribution in [-0.2, 0) is 0 Å². The highest BCUT2D eigenvalue weighted by molar-refractivity contribution is 5.61. The van der Waals surface area contributed by atoms with Crippen molar-refractivity contribution in [3.63, 3.8) is 0 Å². The summed E-state index contributed by atoms with van der Waals surface area (Å²) < 4.78 is 4.89. The van der Waals surface area contributed by atoms with Gasteiger partial charge in [-0.1, -0.05) is 5.16 Å². The van der Waals surface area contributed by atoms with Crippen LogP contribution in [0.3, 0.4) is 0 Å². The van der Waals surface area contributed by atoms with Crippen molar-refractivity contribution >= 4 is 17.2 Å². The fraction of sp³-hybridized carbons (Fsp3) is 0.357. The molecule has 106 valence electrons. The maximum Gasteiger partial charge on any atom is 0.216 e. The maximum atomic E-state index is 9.99. The molecule has 0 amide bonds. The van der Waals surface area contributed by atoms with Crippen molar-refractivity contribution in [2.24, 2.45) is 10.2 Å². The molecule has 0 aliphatic rings. The summed E-state index contributed by atoms with van der Waals surface area (Å²) in [5.74, 6) is 1.15. The summed E-state index contributed by atoms with van der Waals surface area (Å²) in [6.07, 6.45) is 0. The molecule has 0 unspecified atom stereocenters. The monoisotopic (exact) mass is 274 g/mol. The van der Waals surface area contributed by atoms with Crippen LogP contribution < -0.4 is 4.90 Å². The van der Waals surface area contributed by atoms with E-state index in [0.29, 0.717) is 17.3 Å². The van der Waals surface area contributed by atoms with Crippen molar-refractivity contribution in [3.8, 4) is 5.75 Å². The molecule has 20 heavy (non-hydrogen) atoms. The molecule has 1 aromatic carbocycles. The van der Waals surface area contributed by atoms with Crippen LogP contribution >= 0.6 is 0 Å². The molecule has 0 aliphatic carbocycles. The van der Waals surface area contributed by atoms with Gasteiger partial charge in [0.25, 0.3) is 0 Å². The van der Waals surface area contributed by atoms with Crippen LogP contribution in [0.4, 0.5) is 17.2 Å². The number of phenolic OH excluding ortho intramolecular Hbond substituents is 1. The van der Waals surface area contributed by atoms with Crippen LogP contribution in [0.15, 0.2) is 39.0 Å². The Balaban J connectivity index is 2.19. The Kier molecular flexibility index (Phi) is 4.34. The molecule has 0 atom stereocenters. The summed E-state index contributed by atoms with van der Waals surface area (Å²) >= 11 is 0. The summed E-state index contributed by atoms with van der Waals surface area (Å²) in [5, 5.41) is 21.6. The van der Waals surface area contributed by atoms with Gasteiger partial charge in [0.1, 0.15) is 17.2 Å². The van der Waals surface area contributed by atoms with Gasteiger partial charge in [-0.2, -0.15) is 0 Å². The van der Waals surface area contributed by atoms with Crippen molar-refractivity contribution in [3.05, 3.63) is 30.0 Å². The molecular weight excluding hydrogens is 256 g/mol. The van der Waals surface area contributed by atoms with Crippen molar-refractivity contribution in [1.29, 1.82) is 0 Å². The topological polar surface area (TPSA) is 74.2 Å². The van der Waals surface area contributed by atoms with Crippen LogP contribution in [-0.4, -0.2) is 23.4 Å². The van der Waals surface area contributed by atoms with Crippen molar-refractivity contribution in [1.82, 2.24) is 5.16 Å². The van der Waals surface area contributed by atoms with Gasteiger partial charge >= 0.3 is 0 Å². The number of nitrogens with zero attached hydrogens (tertiary/aromatic N) is 4. The fourth-order valence-electron chi connectivity index (χ4n) is 1.89. The molecule has 0 aliphatic heterocycles. The third kappa shape index (κ3) is 3.14. The second-order valence-electron chi connectivity index (χ2n) is 4.34. The molecule has 0 bridgehead atoms. The molecule has 1 N–H and O–H groups in total. The Morgan fingerprint density at radius 1 is 1.20 bits per heavy atom. The van der Waals surface area contributed by atoms with E-state index in [0.717, 1.165) is 18.8 Å². The lowest BCUT2D eigenvalue weighted by molar-refractivity contribution is 0.399. The fourth-order valence-corrected chi connectivity index (χ4v) is 1.89. The third-order valence-electron chi connectivity index (χ3n) is 2.96. The van der Waals surface area contributed by atoms with Gasteiger partial charge in [0.2, 0.25) is 5.82 Å². The molecule has 0 radical (unpaired) electrons. The highest BCUT2D eigenvalue weighted by Crippen LogP contribution is 2.32. The molecule has 2 aromatic rings. The standard InChI is InChI=1S/C14H18N4O2/c1-4-18(5-2)11-6-7-12(13(19)9-11)15-16-14-8-10(3)20-17-14/h6-9,19H,4-5H2,1-3H3. The SMILES string of the molecule is CCN(CC)c1ccc(N=Nc2cc(C)on2)c(O)c1. The van der Waals surface area contributed by atoms with Gasteiger partial charge in [0.05, 0.1) is 0 Å². The zero-order valence-electron chi connectivity index (χ0n) is 11.9. The predicted molar refractivity (Wildman–Crippen MR) is 77.1 cm³/mol. The van der Waals surface area contributed by atoms with Crippen molar-refractivity contribution in [2.75, 3.05) is 18.0 Å². The van der Waals surface area contributed by atoms with E-state index in [-0.39, 0.29) is 5.75 Å². The first-order chi connectivity index (χ1) is 9.63. The van der Waals surface area contributed by atoms with E-state index in [9.17, 15) is 5.11 Å². The molecule has 2 rings (SSSR count). The van der Waals surface area contributed by atoms with Crippen LogP contribution in [0.5, 0.6) is 5.75 Å². The van der Waals surface area contributed by atoms with Gasteiger partial charge in [-0.05, 0) is 32.9 Å². The second kappa shape index (κ2) is 6.18. The lowest BCUT2D eigenvalue weighted by Crippen LogP contribution is -2.21. The first-order valence-electron chi connectivity index (χ1n) is 6.57. The lowest BCUT2D eigenvalue weighted by Gasteiger charge is -2.21. The average Bonchev–Trinajstić information content (AvgIpc) is 2.85. The quantitative estimate of drug-likeness (QED) is 0.838. The van der Waals surface area contributed by atoms with Crippen molar-refractivity contribution in [2.45, 2.75) is 20.8 Å². The maximum absolute atomic E-state index is 9.99. The molecular formula is C14H18N4O2. The minimum absolute atomic E-state index is 0.0957. The van der Waals surface area contributed by atoms with Gasteiger partial charge in [-0.3, -0.25) is 0 Å². The van der Waals surface area contributed by atoms with Crippen LogP contribution in [0.2, 0.25) is 0 Å². The molecule has 1 aromatic heterocycles. The van der Waals surface area contributed by atoms with Gasteiger partial charge in [-0.25, -0.2) is 0 Å². The first kappa shape index (κ1) is 14.0. The highest BCUT2D eigenvalue weighted by atomic mass is 16.5. The Morgan fingerprint density at radius 3 is 2.50 bits per heavy atom. The number of azo groups is 1. The molecule has 0 spiro atoms. The van der Waals surface area contributed by atoms with Crippen molar-refractivity contribution < 1.29 is 9.63 Å². The van der Waals surface area contributed by atoms with E-state index in [1.54, 1.807) is 25.1 Å². The Morgan fingerprint density at radius 2 is 1.95 bits per heavy atom. The third-order valence-corrected chi connectivity index (χ3v) is 2.96. The van der Waals surface area contributed by atoms with E-state index in [2.05, 4.69) is 34.1 Å². The van der Waals surface area contributed by atoms with E-state index in [1.165, 1.54) is 0 Å². The molecule has 0 saturated carbocycles. The highest BCUT2D eigenvalue weighted by Gasteiger charge is 2.06. The average molecular weight is 274 g/mol. The van der Waals surface area contributed by atoms with Crippen LogP contribution in [0.25, 0.3) is 0 Å². The number of phenols is 1. The van der Waals surface area contributed by atoms with Gasteiger partial charge in [0.15, 0.2) is 0 Å².